The van der Waals surface area contributed by atoms with E-state index < -0.39 is 0 Å². The van der Waals surface area contributed by atoms with Gasteiger partial charge in [-0.25, -0.2) is 4.98 Å². The Kier molecular flexibility index (Phi) is 5.34. The third kappa shape index (κ3) is 3.57. The van der Waals surface area contributed by atoms with Gasteiger partial charge >= 0.3 is 0 Å². The molecule has 0 saturated carbocycles. The third-order valence-electron chi connectivity index (χ3n) is 2.91. The van der Waals surface area contributed by atoms with Crippen LogP contribution in [0.4, 0.5) is 11.8 Å². The van der Waals surface area contributed by atoms with E-state index in [1.807, 2.05) is 20.9 Å². The number of hydrogen-bond acceptors (Lipinski definition) is 5. The number of hydrogen-bond donors (Lipinski definition) is 1. The highest BCUT2D eigenvalue weighted by molar-refractivity contribution is 5.51. The standard InChI is InChI=1S/C13H24N4O/c1-6-11-10(4)15-13(14)16-12(11)17(5)8-9(3)18-7-2/h9H,6-8H2,1-5H3,(H2,14,15,16)/t9-/m0/s1. The summed E-state index contributed by atoms with van der Waals surface area (Å²) in [6, 6.07) is 0. The van der Waals surface area contributed by atoms with Gasteiger partial charge in [-0.15, -0.1) is 0 Å². The zero-order valence-corrected chi connectivity index (χ0v) is 12.0. The molecule has 5 nitrogen and oxygen atoms in total. The summed E-state index contributed by atoms with van der Waals surface area (Å²) in [6.45, 7) is 9.65. The van der Waals surface area contributed by atoms with E-state index >= 15 is 0 Å². The van der Waals surface area contributed by atoms with Crippen LogP contribution < -0.4 is 10.6 Å². The highest BCUT2D eigenvalue weighted by Crippen LogP contribution is 2.21. The molecule has 1 rings (SSSR count). The first-order valence-corrected chi connectivity index (χ1v) is 6.45. The lowest BCUT2D eigenvalue weighted by Crippen LogP contribution is -2.31. The first kappa shape index (κ1) is 14.7. The lowest BCUT2D eigenvalue weighted by atomic mass is 10.1. The molecular formula is C13H24N4O. The maximum absolute atomic E-state index is 5.73. The van der Waals surface area contributed by atoms with Crippen LogP contribution in [0.1, 0.15) is 32.0 Å². The Hall–Kier alpha value is -1.36. The van der Waals surface area contributed by atoms with E-state index in [1.165, 1.54) is 0 Å². The second-order valence-corrected chi connectivity index (χ2v) is 4.47. The van der Waals surface area contributed by atoms with Crippen LogP contribution in [0.3, 0.4) is 0 Å². The van der Waals surface area contributed by atoms with Crippen molar-refractivity contribution in [2.24, 2.45) is 0 Å². The number of nitrogens with zero attached hydrogens (tertiary/aromatic N) is 3. The Bertz CT molecular complexity index is 395. The van der Waals surface area contributed by atoms with Crippen molar-refractivity contribution < 1.29 is 4.74 Å². The molecule has 1 atom stereocenters. The zero-order chi connectivity index (χ0) is 13.7. The molecule has 5 heteroatoms. The van der Waals surface area contributed by atoms with Crippen molar-refractivity contribution in [3.05, 3.63) is 11.3 Å². The Labute approximate surface area is 109 Å². The van der Waals surface area contributed by atoms with Gasteiger partial charge in [0, 0.05) is 31.5 Å². The molecule has 1 aromatic heterocycles. The second-order valence-electron chi connectivity index (χ2n) is 4.47. The average molecular weight is 252 g/mol. The maximum Gasteiger partial charge on any atom is 0.222 e. The first-order chi connectivity index (χ1) is 8.49. The number of nitrogen functional groups attached to an aromatic ring is 1. The fourth-order valence-corrected chi connectivity index (χ4v) is 2.14. The number of aromatic nitrogens is 2. The molecule has 0 aliphatic carbocycles. The Morgan fingerprint density at radius 3 is 2.56 bits per heavy atom. The summed E-state index contributed by atoms with van der Waals surface area (Å²) in [5.74, 6) is 1.24. The van der Waals surface area contributed by atoms with Crippen LogP contribution in [0.2, 0.25) is 0 Å². The summed E-state index contributed by atoms with van der Waals surface area (Å²) >= 11 is 0. The smallest absolute Gasteiger partial charge is 0.222 e. The second kappa shape index (κ2) is 6.54. The Morgan fingerprint density at radius 2 is 2.00 bits per heavy atom. The summed E-state index contributed by atoms with van der Waals surface area (Å²) in [4.78, 5) is 10.7. The topological polar surface area (TPSA) is 64.3 Å². The number of anilines is 2. The number of likely N-dealkylation sites (N-methyl/N-ethyl adjacent to an activating group) is 1. The predicted molar refractivity (Wildman–Crippen MR) is 74.9 cm³/mol. The molecule has 2 N–H and O–H groups in total. The minimum absolute atomic E-state index is 0.168. The molecule has 0 aliphatic rings. The van der Waals surface area contributed by atoms with Gasteiger partial charge in [0.15, 0.2) is 0 Å². The molecule has 1 heterocycles. The van der Waals surface area contributed by atoms with Crippen molar-refractivity contribution in [1.29, 1.82) is 0 Å². The highest BCUT2D eigenvalue weighted by atomic mass is 16.5. The normalized spacial score (nSPS) is 12.5. The highest BCUT2D eigenvalue weighted by Gasteiger charge is 2.15. The van der Waals surface area contributed by atoms with Gasteiger partial charge in [-0.2, -0.15) is 4.98 Å². The van der Waals surface area contributed by atoms with Gasteiger partial charge in [0.25, 0.3) is 0 Å². The minimum Gasteiger partial charge on any atom is -0.377 e. The van der Waals surface area contributed by atoms with Crippen molar-refractivity contribution in [1.82, 2.24) is 9.97 Å². The van der Waals surface area contributed by atoms with Crippen molar-refractivity contribution in [3.63, 3.8) is 0 Å². The summed E-state index contributed by atoms with van der Waals surface area (Å²) in [5, 5.41) is 0. The Morgan fingerprint density at radius 1 is 1.33 bits per heavy atom. The molecule has 18 heavy (non-hydrogen) atoms. The first-order valence-electron chi connectivity index (χ1n) is 6.45. The van der Waals surface area contributed by atoms with Crippen LogP contribution in [0, 0.1) is 6.92 Å². The van der Waals surface area contributed by atoms with Crippen LogP contribution in [-0.2, 0) is 11.2 Å². The van der Waals surface area contributed by atoms with Crippen molar-refractivity contribution in [2.45, 2.75) is 40.2 Å². The predicted octanol–water partition coefficient (Wildman–Crippen LogP) is 1.79. The van der Waals surface area contributed by atoms with Crippen molar-refractivity contribution >= 4 is 11.8 Å². The molecule has 0 amide bonds. The molecular weight excluding hydrogens is 228 g/mol. The van der Waals surface area contributed by atoms with Crippen molar-refractivity contribution in [3.8, 4) is 0 Å². The lowest BCUT2D eigenvalue weighted by molar-refractivity contribution is 0.0816. The van der Waals surface area contributed by atoms with E-state index in [0.717, 1.165) is 36.6 Å². The molecule has 0 saturated heterocycles. The van der Waals surface area contributed by atoms with Crippen LogP contribution >= 0.6 is 0 Å². The molecule has 0 unspecified atom stereocenters. The molecule has 0 radical (unpaired) electrons. The molecule has 0 fully saturated rings. The summed E-state index contributed by atoms with van der Waals surface area (Å²) in [6.07, 6.45) is 1.07. The van der Waals surface area contributed by atoms with E-state index in [2.05, 4.69) is 28.7 Å². The van der Waals surface area contributed by atoms with E-state index in [0.29, 0.717) is 5.95 Å². The lowest BCUT2D eigenvalue weighted by Gasteiger charge is -2.25. The number of ether oxygens (including phenoxy) is 1. The molecule has 0 aliphatic heterocycles. The molecule has 0 bridgehead atoms. The maximum atomic E-state index is 5.73. The van der Waals surface area contributed by atoms with E-state index in [1.54, 1.807) is 0 Å². The number of nitrogens with two attached hydrogens (primary N) is 1. The van der Waals surface area contributed by atoms with E-state index in [4.69, 9.17) is 10.5 Å². The van der Waals surface area contributed by atoms with Crippen LogP contribution in [0.25, 0.3) is 0 Å². The van der Waals surface area contributed by atoms with Gasteiger partial charge < -0.3 is 15.4 Å². The molecule has 0 spiro atoms. The van der Waals surface area contributed by atoms with Crippen LogP contribution in [0.5, 0.6) is 0 Å². The SMILES string of the molecule is CCO[C@@H](C)CN(C)c1nc(N)nc(C)c1CC. The summed E-state index contributed by atoms with van der Waals surface area (Å²) in [7, 11) is 2.01. The zero-order valence-electron chi connectivity index (χ0n) is 12.0. The molecule has 1 aromatic rings. The van der Waals surface area contributed by atoms with Crippen LogP contribution in [0.15, 0.2) is 0 Å². The fourth-order valence-electron chi connectivity index (χ4n) is 2.14. The largest absolute Gasteiger partial charge is 0.377 e. The van der Waals surface area contributed by atoms with Gasteiger partial charge in [0.05, 0.1) is 6.10 Å². The van der Waals surface area contributed by atoms with Gasteiger partial charge in [0.2, 0.25) is 5.95 Å². The minimum atomic E-state index is 0.168. The van der Waals surface area contributed by atoms with Crippen molar-refractivity contribution in [2.75, 3.05) is 30.8 Å². The molecule has 102 valence electrons. The van der Waals surface area contributed by atoms with Gasteiger partial charge in [-0.1, -0.05) is 6.92 Å². The monoisotopic (exact) mass is 252 g/mol. The summed E-state index contributed by atoms with van der Waals surface area (Å²) in [5.41, 5.74) is 7.83. The third-order valence-corrected chi connectivity index (χ3v) is 2.91. The summed E-state index contributed by atoms with van der Waals surface area (Å²) < 4.78 is 5.55. The average Bonchev–Trinajstić information content (AvgIpc) is 2.28. The quantitative estimate of drug-likeness (QED) is 0.836. The fraction of sp³-hybridized carbons (Fsp3) is 0.692. The van der Waals surface area contributed by atoms with E-state index in [9.17, 15) is 0 Å². The number of rotatable bonds is 6. The van der Waals surface area contributed by atoms with Gasteiger partial charge in [-0.3, -0.25) is 0 Å². The number of aryl methyl sites for hydroxylation is 1. The van der Waals surface area contributed by atoms with Gasteiger partial charge in [-0.05, 0) is 27.2 Å². The van der Waals surface area contributed by atoms with E-state index in [-0.39, 0.29) is 6.10 Å². The van der Waals surface area contributed by atoms with Gasteiger partial charge in [0.1, 0.15) is 5.82 Å². The Balaban J connectivity index is 2.93. The van der Waals surface area contributed by atoms with Crippen LogP contribution in [-0.4, -0.2) is 36.3 Å². The molecule has 0 aromatic carbocycles.